The highest BCUT2D eigenvalue weighted by molar-refractivity contribution is 5.85. The average molecular weight is 283 g/mol. The van der Waals surface area contributed by atoms with Crippen molar-refractivity contribution in [3.8, 4) is 11.5 Å². The van der Waals surface area contributed by atoms with E-state index in [4.69, 9.17) is 25.5 Å². The lowest BCUT2D eigenvalue weighted by molar-refractivity contribution is -0.742. The van der Waals surface area contributed by atoms with E-state index in [0.717, 1.165) is 0 Å². The van der Waals surface area contributed by atoms with Crippen LogP contribution in [0.25, 0.3) is 0 Å². The molecule has 104 valence electrons. The third-order valence-corrected chi connectivity index (χ3v) is 1.78. The lowest BCUT2D eigenvalue weighted by atomic mass is 10.1. The van der Waals surface area contributed by atoms with Gasteiger partial charge in [0.05, 0.1) is 6.10 Å². The van der Waals surface area contributed by atoms with Crippen LogP contribution in [0.2, 0.25) is 0 Å². The molecule has 0 amide bonds. The molecule has 0 aliphatic heterocycles. The van der Waals surface area contributed by atoms with Gasteiger partial charge in [0.1, 0.15) is 0 Å². The van der Waals surface area contributed by atoms with Crippen molar-refractivity contribution in [2.24, 2.45) is 0 Å². The van der Waals surface area contributed by atoms with E-state index in [1.807, 2.05) is 0 Å². The van der Waals surface area contributed by atoms with Gasteiger partial charge in [0.25, 0.3) is 5.09 Å². The molecule has 1 aromatic carbocycles. The van der Waals surface area contributed by atoms with Gasteiger partial charge in [-0.3, -0.25) is 0 Å². The largest absolute Gasteiger partial charge is 0.504 e. The van der Waals surface area contributed by atoms with E-state index < -0.39 is 11.2 Å². The van der Waals surface area contributed by atoms with E-state index >= 15 is 0 Å². The number of aliphatic hydroxyl groups excluding tert-OH is 1. The Labute approximate surface area is 109 Å². The SMILES string of the molecule is CNC[C@H](O)c1ccc(O)c(O)c1.Cl.O=[N+]([O-])O. The number of phenolic OH excluding ortho intramolecular Hbond substituents is 2. The lowest BCUT2D eigenvalue weighted by Crippen LogP contribution is -2.16. The van der Waals surface area contributed by atoms with Crippen LogP contribution in [-0.4, -0.2) is 39.2 Å². The maximum atomic E-state index is 9.48. The Hall–Kier alpha value is -1.77. The van der Waals surface area contributed by atoms with Crippen LogP contribution in [0.4, 0.5) is 0 Å². The van der Waals surface area contributed by atoms with Crippen LogP contribution in [-0.2, 0) is 0 Å². The van der Waals surface area contributed by atoms with E-state index in [-0.39, 0.29) is 23.9 Å². The fourth-order valence-corrected chi connectivity index (χ4v) is 1.06. The van der Waals surface area contributed by atoms with Gasteiger partial charge in [0.2, 0.25) is 0 Å². The van der Waals surface area contributed by atoms with Gasteiger partial charge in [-0.15, -0.1) is 22.5 Å². The van der Waals surface area contributed by atoms with Crippen LogP contribution >= 0.6 is 12.4 Å². The number of benzene rings is 1. The summed E-state index contributed by atoms with van der Waals surface area (Å²) in [4.78, 5) is 8.36. The van der Waals surface area contributed by atoms with Gasteiger partial charge in [-0.2, -0.15) is 0 Å². The number of halogens is 1. The third kappa shape index (κ3) is 7.49. The van der Waals surface area contributed by atoms with Gasteiger partial charge in [-0.25, -0.2) is 0 Å². The van der Waals surface area contributed by atoms with E-state index in [9.17, 15) is 5.11 Å². The van der Waals surface area contributed by atoms with Gasteiger partial charge >= 0.3 is 0 Å². The first-order valence-corrected chi connectivity index (χ1v) is 4.56. The molecule has 0 unspecified atom stereocenters. The minimum absolute atomic E-state index is 0. The Kier molecular flexibility index (Phi) is 9.58. The number of nitrogens with one attached hydrogen (secondary N) is 1. The first kappa shape index (κ1) is 18.6. The monoisotopic (exact) mass is 282 g/mol. The summed E-state index contributed by atoms with van der Waals surface area (Å²) in [7, 11) is 1.73. The zero-order valence-electron chi connectivity index (χ0n) is 9.48. The van der Waals surface area contributed by atoms with Crippen LogP contribution in [0, 0.1) is 10.1 Å². The second-order valence-electron chi connectivity index (χ2n) is 3.06. The molecule has 1 aromatic rings. The number of likely N-dealkylation sites (N-methyl/N-ethyl adjacent to an activating group) is 1. The maximum absolute atomic E-state index is 9.48. The van der Waals surface area contributed by atoms with Crippen molar-refractivity contribution >= 4 is 12.4 Å². The molecule has 5 N–H and O–H groups in total. The molecule has 9 heteroatoms. The number of rotatable bonds is 3. The second-order valence-corrected chi connectivity index (χ2v) is 3.06. The molecule has 0 spiro atoms. The fourth-order valence-electron chi connectivity index (χ4n) is 1.06. The van der Waals surface area contributed by atoms with E-state index in [1.165, 1.54) is 12.1 Å². The Balaban J connectivity index is 0. The molecular weight excluding hydrogens is 268 g/mol. The Morgan fingerprint density at radius 3 is 2.28 bits per heavy atom. The molecule has 0 bridgehead atoms. The second kappa shape index (κ2) is 9.28. The van der Waals surface area contributed by atoms with Crippen molar-refractivity contribution in [1.82, 2.24) is 5.32 Å². The van der Waals surface area contributed by atoms with Crippen molar-refractivity contribution in [3.63, 3.8) is 0 Å². The first-order valence-electron chi connectivity index (χ1n) is 4.56. The molecule has 1 atom stereocenters. The summed E-state index contributed by atoms with van der Waals surface area (Å²) in [5.74, 6) is -0.395. The minimum Gasteiger partial charge on any atom is -0.504 e. The molecular formula is C9H15ClN2O6. The Bertz CT molecular complexity index is 372. The van der Waals surface area contributed by atoms with Crippen molar-refractivity contribution in [3.05, 3.63) is 33.9 Å². The fraction of sp³-hybridized carbons (Fsp3) is 0.333. The molecule has 0 heterocycles. The summed E-state index contributed by atoms with van der Waals surface area (Å²) in [6.45, 7) is 0.407. The summed E-state index contributed by atoms with van der Waals surface area (Å²) in [6.07, 6.45) is -0.670. The Morgan fingerprint density at radius 2 is 1.89 bits per heavy atom. The highest BCUT2D eigenvalue weighted by atomic mass is 35.5. The van der Waals surface area contributed by atoms with Gasteiger partial charge in [0.15, 0.2) is 11.5 Å². The Morgan fingerprint density at radius 1 is 1.39 bits per heavy atom. The summed E-state index contributed by atoms with van der Waals surface area (Å²) in [5.41, 5.74) is 0.574. The standard InChI is InChI=1S/C9H13NO3.ClH.HNO3/c1-10-5-9(13)6-2-3-7(11)8(12)4-6;;2-1(3)4/h2-4,9-13H,5H2,1H3;1H;(H,2,3,4)/t9-;;/m0../s1. The van der Waals surface area contributed by atoms with E-state index in [2.05, 4.69) is 5.32 Å². The molecule has 0 fully saturated rings. The molecule has 0 saturated carbocycles. The number of nitrogens with zero attached hydrogens (tertiary/aromatic N) is 1. The maximum Gasteiger partial charge on any atom is 0.291 e. The van der Waals surface area contributed by atoms with Crippen LogP contribution in [0.1, 0.15) is 11.7 Å². The summed E-state index contributed by atoms with van der Waals surface area (Å²) in [5, 5.41) is 44.1. The zero-order chi connectivity index (χ0) is 13.4. The zero-order valence-corrected chi connectivity index (χ0v) is 10.3. The van der Waals surface area contributed by atoms with Crippen molar-refractivity contribution in [1.29, 1.82) is 0 Å². The average Bonchev–Trinajstić information content (AvgIpc) is 2.21. The summed E-state index contributed by atoms with van der Waals surface area (Å²) >= 11 is 0. The van der Waals surface area contributed by atoms with Gasteiger partial charge < -0.3 is 25.8 Å². The van der Waals surface area contributed by atoms with E-state index in [0.29, 0.717) is 12.1 Å². The molecule has 0 aromatic heterocycles. The lowest BCUT2D eigenvalue weighted by Gasteiger charge is -2.10. The number of phenols is 2. The van der Waals surface area contributed by atoms with Crippen molar-refractivity contribution < 1.29 is 25.6 Å². The van der Waals surface area contributed by atoms with E-state index in [1.54, 1.807) is 13.1 Å². The van der Waals surface area contributed by atoms with Crippen LogP contribution in [0.15, 0.2) is 18.2 Å². The quantitative estimate of drug-likeness (QED) is 0.308. The number of aliphatic hydroxyl groups is 1. The van der Waals surface area contributed by atoms with Gasteiger partial charge in [-0.05, 0) is 24.7 Å². The summed E-state index contributed by atoms with van der Waals surface area (Å²) in [6, 6.07) is 4.26. The normalized spacial score (nSPS) is 10.6. The van der Waals surface area contributed by atoms with Crippen LogP contribution < -0.4 is 5.32 Å². The molecule has 0 radical (unpaired) electrons. The molecule has 0 saturated heterocycles. The predicted octanol–water partition coefficient (Wildman–Crippen LogP) is 0.425. The first-order chi connectivity index (χ1) is 7.88. The van der Waals surface area contributed by atoms with Crippen molar-refractivity contribution in [2.45, 2.75) is 6.10 Å². The number of hydrogen-bond donors (Lipinski definition) is 5. The van der Waals surface area contributed by atoms with Crippen LogP contribution in [0.3, 0.4) is 0 Å². The van der Waals surface area contributed by atoms with Gasteiger partial charge in [0, 0.05) is 6.54 Å². The van der Waals surface area contributed by atoms with Gasteiger partial charge in [-0.1, -0.05) is 6.07 Å². The predicted molar refractivity (Wildman–Crippen MR) is 64.7 cm³/mol. The molecule has 18 heavy (non-hydrogen) atoms. The highest BCUT2D eigenvalue weighted by Gasteiger charge is 2.08. The highest BCUT2D eigenvalue weighted by Crippen LogP contribution is 2.27. The molecule has 8 nitrogen and oxygen atoms in total. The molecule has 1 rings (SSSR count). The molecule has 0 aliphatic rings. The smallest absolute Gasteiger partial charge is 0.291 e. The number of aromatic hydroxyl groups is 2. The van der Waals surface area contributed by atoms with Crippen molar-refractivity contribution in [2.75, 3.05) is 13.6 Å². The molecule has 0 aliphatic carbocycles. The number of hydrogen-bond acceptors (Lipinski definition) is 6. The summed E-state index contributed by atoms with van der Waals surface area (Å²) < 4.78 is 0. The minimum atomic E-state index is -1.50. The third-order valence-electron chi connectivity index (χ3n) is 1.78. The topological polar surface area (TPSA) is 136 Å². The van der Waals surface area contributed by atoms with Crippen LogP contribution in [0.5, 0.6) is 11.5 Å².